The molecule has 0 atom stereocenters. The second-order valence-corrected chi connectivity index (χ2v) is 8.56. The summed E-state index contributed by atoms with van der Waals surface area (Å²) >= 11 is 1.46. The fourth-order valence-corrected chi connectivity index (χ4v) is 4.84. The third kappa shape index (κ3) is 5.76. The van der Waals surface area contributed by atoms with E-state index < -0.39 is 0 Å². The van der Waals surface area contributed by atoms with E-state index >= 15 is 0 Å². The summed E-state index contributed by atoms with van der Waals surface area (Å²) in [5.41, 5.74) is 0.685. The van der Waals surface area contributed by atoms with Gasteiger partial charge in [-0.25, -0.2) is 0 Å². The Morgan fingerprint density at radius 1 is 0.962 bits per heavy atom. The second-order valence-electron chi connectivity index (χ2n) is 7.55. The highest BCUT2D eigenvalue weighted by atomic mass is 32.2. The number of hydrogen-bond acceptors (Lipinski definition) is 3. The van der Waals surface area contributed by atoms with Crippen molar-refractivity contribution >= 4 is 23.6 Å². The summed E-state index contributed by atoms with van der Waals surface area (Å²) in [6.45, 7) is 0.795. The molecule has 2 fully saturated rings. The summed E-state index contributed by atoms with van der Waals surface area (Å²) in [4.78, 5) is 25.6. The zero-order valence-corrected chi connectivity index (χ0v) is 16.3. The molecule has 2 N–H and O–H groups in total. The number of benzene rings is 1. The first kappa shape index (κ1) is 19.3. The molecule has 3 rings (SSSR count). The molecule has 4 nitrogen and oxygen atoms in total. The van der Waals surface area contributed by atoms with Gasteiger partial charge in [-0.1, -0.05) is 44.2 Å². The van der Waals surface area contributed by atoms with Gasteiger partial charge < -0.3 is 10.6 Å². The van der Waals surface area contributed by atoms with Gasteiger partial charge in [0.1, 0.15) is 0 Å². The van der Waals surface area contributed by atoms with Crippen LogP contribution in [-0.4, -0.2) is 30.2 Å². The first-order valence-electron chi connectivity index (χ1n) is 10.0. The molecule has 2 amide bonds. The summed E-state index contributed by atoms with van der Waals surface area (Å²) in [5, 5.41) is 6.21. The van der Waals surface area contributed by atoms with E-state index in [1.54, 1.807) is 0 Å². The molecule has 26 heavy (non-hydrogen) atoms. The lowest BCUT2D eigenvalue weighted by molar-refractivity contribution is -0.118. The Balaban J connectivity index is 1.47. The quantitative estimate of drug-likeness (QED) is 0.705. The first-order chi connectivity index (χ1) is 12.7. The van der Waals surface area contributed by atoms with E-state index in [0.717, 1.165) is 24.3 Å². The third-order valence-corrected chi connectivity index (χ3v) is 6.57. The zero-order chi connectivity index (χ0) is 18.2. The summed E-state index contributed by atoms with van der Waals surface area (Å²) in [5.74, 6) is 1.05. The Morgan fingerprint density at radius 3 is 2.42 bits per heavy atom. The minimum atomic E-state index is -0.0115. The average Bonchev–Trinajstić information content (AvgIpc) is 3.18. The van der Waals surface area contributed by atoms with Crippen LogP contribution in [0.2, 0.25) is 0 Å². The Morgan fingerprint density at radius 2 is 1.65 bits per heavy atom. The van der Waals surface area contributed by atoms with E-state index in [0.29, 0.717) is 23.3 Å². The van der Waals surface area contributed by atoms with E-state index in [9.17, 15) is 9.59 Å². The van der Waals surface area contributed by atoms with Crippen molar-refractivity contribution in [2.24, 2.45) is 5.92 Å². The number of thioether (sulfide) groups is 1. The fraction of sp³-hybridized carbons (Fsp3) is 0.619. The van der Waals surface area contributed by atoms with Gasteiger partial charge in [0.15, 0.2) is 0 Å². The number of hydrogen-bond donors (Lipinski definition) is 2. The van der Waals surface area contributed by atoms with Crippen molar-refractivity contribution in [2.75, 3.05) is 12.3 Å². The summed E-state index contributed by atoms with van der Waals surface area (Å²) < 4.78 is 0. The molecule has 2 aliphatic rings. The minimum Gasteiger partial charge on any atom is -0.355 e. The molecule has 0 saturated heterocycles. The maximum atomic E-state index is 12.6. The Labute approximate surface area is 160 Å². The van der Waals surface area contributed by atoms with Crippen molar-refractivity contribution in [2.45, 2.75) is 68.7 Å². The van der Waals surface area contributed by atoms with E-state index in [1.807, 2.05) is 24.3 Å². The van der Waals surface area contributed by atoms with Crippen molar-refractivity contribution < 1.29 is 9.59 Å². The number of rotatable bonds is 7. The van der Waals surface area contributed by atoms with Gasteiger partial charge in [0.2, 0.25) is 5.91 Å². The maximum Gasteiger partial charge on any atom is 0.252 e. The summed E-state index contributed by atoms with van der Waals surface area (Å²) in [7, 11) is 0. The van der Waals surface area contributed by atoms with E-state index in [4.69, 9.17) is 0 Å². The van der Waals surface area contributed by atoms with Crippen LogP contribution >= 0.6 is 11.8 Å². The van der Waals surface area contributed by atoms with Crippen molar-refractivity contribution in [1.82, 2.24) is 10.6 Å². The molecule has 5 heteroatoms. The molecule has 0 spiro atoms. The van der Waals surface area contributed by atoms with Crippen LogP contribution in [0.15, 0.2) is 29.2 Å². The van der Waals surface area contributed by atoms with Gasteiger partial charge in [0.25, 0.3) is 5.91 Å². The van der Waals surface area contributed by atoms with Crippen LogP contribution in [0.1, 0.15) is 68.1 Å². The second kappa shape index (κ2) is 10.0. The summed E-state index contributed by atoms with van der Waals surface area (Å²) in [6, 6.07) is 7.90. The molecule has 0 unspecified atom stereocenters. The molecule has 2 aliphatic carbocycles. The molecule has 0 aliphatic heterocycles. The van der Waals surface area contributed by atoms with E-state index in [1.165, 1.54) is 56.7 Å². The molecule has 142 valence electrons. The lowest BCUT2D eigenvalue weighted by atomic mass is 9.89. The molecular formula is C21H30N2O2S. The Hall–Kier alpha value is -1.49. The first-order valence-corrected chi connectivity index (χ1v) is 11.0. The van der Waals surface area contributed by atoms with Crippen molar-refractivity contribution in [3.05, 3.63) is 29.8 Å². The molecular weight excluding hydrogens is 344 g/mol. The highest BCUT2D eigenvalue weighted by molar-refractivity contribution is 8.00. The van der Waals surface area contributed by atoms with Gasteiger partial charge in [-0.05, 0) is 43.7 Å². The fourth-order valence-electron chi connectivity index (χ4n) is 3.96. The van der Waals surface area contributed by atoms with E-state index in [-0.39, 0.29) is 11.8 Å². The average molecular weight is 375 g/mol. The van der Waals surface area contributed by atoms with Gasteiger partial charge in [-0.2, -0.15) is 0 Å². The zero-order valence-electron chi connectivity index (χ0n) is 15.5. The lowest BCUT2D eigenvalue weighted by Gasteiger charge is -2.21. The number of nitrogens with one attached hydrogen (secondary N) is 2. The van der Waals surface area contributed by atoms with Crippen LogP contribution in [0.5, 0.6) is 0 Å². The van der Waals surface area contributed by atoms with Crippen LogP contribution in [0.3, 0.4) is 0 Å². The smallest absolute Gasteiger partial charge is 0.252 e. The number of amides is 2. The van der Waals surface area contributed by atoms with Crippen LogP contribution in [0.25, 0.3) is 0 Å². The highest BCUT2D eigenvalue weighted by Crippen LogP contribution is 2.25. The Bertz CT molecular complexity index is 608. The molecule has 0 heterocycles. The van der Waals surface area contributed by atoms with Crippen LogP contribution in [0, 0.1) is 5.92 Å². The normalized spacial score (nSPS) is 18.6. The monoisotopic (exact) mass is 374 g/mol. The van der Waals surface area contributed by atoms with Crippen molar-refractivity contribution in [3.8, 4) is 0 Å². The maximum absolute atomic E-state index is 12.6. The third-order valence-electron chi connectivity index (χ3n) is 5.49. The van der Waals surface area contributed by atoms with Crippen LogP contribution in [-0.2, 0) is 4.79 Å². The number of carbonyl (C=O) groups excluding carboxylic acids is 2. The van der Waals surface area contributed by atoms with Crippen LogP contribution < -0.4 is 10.6 Å². The number of carbonyl (C=O) groups is 2. The standard InChI is InChI=1S/C21H30N2O2S/c24-20(22-14-16-8-2-1-3-9-16)15-26-19-13-7-6-12-18(19)21(25)23-17-10-4-5-11-17/h6-7,12-13,16-17H,1-5,8-11,14-15H2,(H,22,24)(H,23,25). The molecule has 2 saturated carbocycles. The highest BCUT2D eigenvalue weighted by Gasteiger charge is 2.20. The summed E-state index contributed by atoms with van der Waals surface area (Å²) in [6.07, 6.45) is 10.9. The predicted molar refractivity (Wildman–Crippen MR) is 106 cm³/mol. The largest absolute Gasteiger partial charge is 0.355 e. The van der Waals surface area contributed by atoms with E-state index in [2.05, 4.69) is 10.6 Å². The van der Waals surface area contributed by atoms with Gasteiger partial charge in [0, 0.05) is 17.5 Å². The molecule has 0 aromatic heterocycles. The van der Waals surface area contributed by atoms with Gasteiger partial charge >= 0.3 is 0 Å². The van der Waals surface area contributed by atoms with Crippen molar-refractivity contribution in [3.63, 3.8) is 0 Å². The van der Waals surface area contributed by atoms with Crippen molar-refractivity contribution in [1.29, 1.82) is 0 Å². The molecule has 0 bridgehead atoms. The topological polar surface area (TPSA) is 58.2 Å². The molecule has 1 aromatic rings. The Kier molecular flexibility index (Phi) is 7.42. The lowest BCUT2D eigenvalue weighted by Crippen LogP contribution is -2.33. The molecule has 1 aromatic carbocycles. The van der Waals surface area contributed by atoms with Gasteiger partial charge in [-0.3, -0.25) is 9.59 Å². The SMILES string of the molecule is O=C(CSc1ccccc1C(=O)NC1CCCC1)NCC1CCCCC1. The van der Waals surface area contributed by atoms with Gasteiger partial charge in [0.05, 0.1) is 11.3 Å². The minimum absolute atomic E-state index is 0.0115. The predicted octanol–water partition coefficient (Wildman–Crippen LogP) is 4.15. The van der Waals surface area contributed by atoms with Gasteiger partial charge in [-0.15, -0.1) is 11.8 Å². The van der Waals surface area contributed by atoms with Crippen LogP contribution in [0.4, 0.5) is 0 Å². The molecule has 0 radical (unpaired) electrons.